The second-order valence-corrected chi connectivity index (χ2v) is 5.79. The molecular formula is C17H20N4O3. The van der Waals surface area contributed by atoms with Crippen molar-refractivity contribution in [3.05, 3.63) is 53.3 Å². The number of hydrogen-bond acceptors (Lipinski definition) is 4. The maximum atomic E-state index is 12.0. The van der Waals surface area contributed by atoms with E-state index < -0.39 is 0 Å². The Kier molecular flexibility index (Phi) is 4.79. The summed E-state index contributed by atoms with van der Waals surface area (Å²) in [4.78, 5) is 23.9. The molecule has 1 aromatic carbocycles. The van der Waals surface area contributed by atoms with Crippen molar-refractivity contribution < 1.29 is 9.21 Å². The van der Waals surface area contributed by atoms with Gasteiger partial charge in [-0.1, -0.05) is 12.1 Å². The minimum atomic E-state index is -0.386. The van der Waals surface area contributed by atoms with Crippen molar-refractivity contribution in [2.75, 3.05) is 0 Å². The van der Waals surface area contributed by atoms with Crippen molar-refractivity contribution in [1.82, 2.24) is 19.7 Å². The molecule has 0 saturated carbocycles. The molecule has 1 unspecified atom stereocenters. The first-order valence-electron chi connectivity index (χ1n) is 7.98. The average Bonchev–Trinajstić information content (AvgIpc) is 3.15. The minimum absolute atomic E-state index is 0.00474. The lowest BCUT2D eigenvalue weighted by atomic mass is 10.2. The predicted octanol–water partition coefficient (Wildman–Crippen LogP) is 1.78. The van der Waals surface area contributed by atoms with Crippen LogP contribution in [0.4, 0.5) is 0 Å². The van der Waals surface area contributed by atoms with Gasteiger partial charge in [-0.3, -0.25) is 14.0 Å². The fourth-order valence-corrected chi connectivity index (χ4v) is 2.71. The zero-order valence-electron chi connectivity index (χ0n) is 13.5. The molecule has 24 heavy (non-hydrogen) atoms. The van der Waals surface area contributed by atoms with Gasteiger partial charge in [0.2, 0.25) is 5.91 Å². The molecule has 0 radical (unpaired) electrons. The fourth-order valence-electron chi connectivity index (χ4n) is 2.71. The third-order valence-corrected chi connectivity index (χ3v) is 3.79. The summed E-state index contributed by atoms with van der Waals surface area (Å²) in [5.41, 5.74) is 1.33. The van der Waals surface area contributed by atoms with Crippen LogP contribution in [0, 0.1) is 0 Å². The van der Waals surface area contributed by atoms with E-state index >= 15 is 0 Å². The second kappa shape index (κ2) is 7.16. The van der Waals surface area contributed by atoms with Crippen LogP contribution >= 0.6 is 0 Å². The van der Waals surface area contributed by atoms with E-state index in [1.54, 1.807) is 21.5 Å². The Morgan fingerprint density at radius 1 is 1.33 bits per heavy atom. The molecule has 1 N–H and O–H groups in total. The third-order valence-electron chi connectivity index (χ3n) is 3.79. The van der Waals surface area contributed by atoms with Crippen LogP contribution in [0.3, 0.4) is 0 Å². The topological polar surface area (TPSA) is 82.1 Å². The lowest BCUT2D eigenvalue weighted by Gasteiger charge is -2.14. The summed E-state index contributed by atoms with van der Waals surface area (Å²) in [6, 6.07) is 9.13. The van der Waals surface area contributed by atoms with Crippen molar-refractivity contribution in [3.63, 3.8) is 0 Å². The van der Waals surface area contributed by atoms with E-state index in [1.165, 1.54) is 0 Å². The number of hydrogen-bond donors (Lipinski definition) is 1. The van der Waals surface area contributed by atoms with Gasteiger partial charge in [0.1, 0.15) is 0 Å². The minimum Gasteiger partial charge on any atom is -0.408 e. The van der Waals surface area contributed by atoms with Gasteiger partial charge in [-0.05, 0) is 31.5 Å². The number of oxazole rings is 1. The summed E-state index contributed by atoms with van der Waals surface area (Å²) in [6.07, 6.45) is 4.50. The van der Waals surface area contributed by atoms with Gasteiger partial charge in [0.25, 0.3) is 0 Å². The van der Waals surface area contributed by atoms with Crippen LogP contribution in [0.25, 0.3) is 11.1 Å². The molecule has 126 valence electrons. The molecule has 3 aromatic rings. The Hall–Kier alpha value is -2.83. The smallest absolute Gasteiger partial charge is 0.408 e. The molecule has 0 aliphatic rings. The Morgan fingerprint density at radius 2 is 2.17 bits per heavy atom. The number of nitrogens with zero attached hydrogens (tertiary/aromatic N) is 3. The summed E-state index contributed by atoms with van der Waals surface area (Å²) < 4.78 is 8.52. The number of rotatable bonds is 7. The van der Waals surface area contributed by atoms with Crippen LogP contribution in [0.1, 0.15) is 19.8 Å². The Morgan fingerprint density at radius 3 is 2.96 bits per heavy atom. The van der Waals surface area contributed by atoms with E-state index in [-0.39, 0.29) is 17.7 Å². The fraction of sp³-hybridized carbons (Fsp3) is 0.353. The number of para-hydroxylation sites is 2. The number of aryl methyl sites for hydroxylation is 1. The van der Waals surface area contributed by atoms with Gasteiger partial charge in [0.05, 0.1) is 12.1 Å². The van der Waals surface area contributed by atoms with E-state index in [1.807, 2.05) is 37.4 Å². The van der Waals surface area contributed by atoms with Crippen LogP contribution in [0.15, 0.2) is 51.9 Å². The molecule has 7 nitrogen and oxygen atoms in total. The molecule has 2 heterocycles. The molecular weight excluding hydrogens is 308 g/mol. The highest BCUT2D eigenvalue weighted by Gasteiger charge is 2.11. The van der Waals surface area contributed by atoms with Crippen molar-refractivity contribution in [3.8, 4) is 0 Å². The first kappa shape index (κ1) is 16.0. The number of carbonyl (C=O) groups excluding carboxylic acids is 1. The summed E-state index contributed by atoms with van der Waals surface area (Å²) in [6.45, 7) is 3.02. The normalized spacial score (nSPS) is 12.4. The van der Waals surface area contributed by atoms with Gasteiger partial charge in [-0.2, -0.15) is 5.10 Å². The van der Waals surface area contributed by atoms with Crippen LogP contribution in [0.5, 0.6) is 0 Å². The third kappa shape index (κ3) is 3.73. The quantitative estimate of drug-likeness (QED) is 0.717. The highest BCUT2D eigenvalue weighted by molar-refractivity contribution is 5.76. The number of aromatic nitrogens is 3. The number of carbonyl (C=O) groups is 1. The van der Waals surface area contributed by atoms with E-state index in [0.29, 0.717) is 31.5 Å². The van der Waals surface area contributed by atoms with Gasteiger partial charge in [-0.25, -0.2) is 4.79 Å². The Bertz CT molecular complexity index is 863. The van der Waals surface area contributed by atoms with Crippen molar-refractivity contribution in [2.45, 2.75) is 38.9 Å². The van der Waals surface area contributed by atoms with Gasteiger partial charge < -0.3 is 9.73 Å². The number of amides is 1. The van der Waals surface area contributed by atoms with Crippen LogP contribution in [-0.2, 0) is 17.9 Å². The summed E-state index contributed by atoms with van der Waals surface area (Å²) in [7, 11) is 0. The number of benzene rings is 1. The molecule has 0 aliphatic heterocycles. The lowest BCUT2D eigenvalue weighted by Crippen LogP contribution is -2.35. The first-order valence-corrected chi connectivity index (χ1v) is 7.98. The van der Waals surface area contributed by atoms with Gasteiger partial charge in [0, 0.05) is 31.4 Å². The molecule has 0 bridgehead atoms. The van der Waals surface area contributed by atoms with Crippen molar-refractivity contribution in [1.29, 1.82) is 0 Å². The standard InChI is InChI=1S/C17H20N4O3/c1-13(12-20-10-5-9-18-20)19-16(22)8-4-11-21-14-6-2-3-7-15(14)24-17(21)23/h2-3,5-7,9-10,13H,4,8,11-12H2,1H3,(H,19,22). The Labute approximate surface area is 138 Å². The SMILES string of the molecule is CC(Cn1cccn1)NC(=O)CCCn1c(=O)oc2ccccc21. The van der Waals surface area contributed by atoms with Gasteiger partial charge >= 0.3 is 5.76 Å². The molecule has 0 aliphatic carbocycles. The molecule has 7 heteroatoms. The maximum absolute atomic E-state index is 12.0. The summed E-state index contributed by atoms with van der Waals surface area (Å²) >= 11 is 0. The number of nitrogens with one attached hydrogen (secondary N) is 1. The highest BCUT2D eigenvalue weighted by atomic mass is 16.4. The van der Waals surface area contributed by atoms with Crippen molar-refractivity contribution in [2.24, 2.45) is 0 Å². The van der Waals surface area contributed by atoms with E-state index in [9.17, 15) is 9.59 Å². The molecule has 0 saturated heterocycles. The van der Waals surface area contributed by atoms with E-state index in [4.69, 9.17) is 4.42 Å². The molecule has 3 rings (SSSR count). The molecule has 1 atom stereocenters. The van der Waals surface area contributed by atoms with Crippen LogP contribution < -0.4 is 11.1 Å². The first-order chi connectivity index (χ1) is 11.6. The molecule has 2 aromatic heterocycles. The largest absolute Gasteiger partial charge is 0.419 e. The zero-order valence-corrected chi connectivity index (χ0v) is 13.5. The molecule has 0 fully saturated rings. The summed E-state index contributed by atoms with van der Waals surface area (Å²) in [5.74, 6) is -0.417. The average molecular weight is 328 g/mol. The predicted molar refractivity (Wildman–Crippen MR) is 89.5 cm³/mol. The van der Waals surface area contributed by atoms with E-state index in [2.05, 4.69) is 10.4 Å². The van der Waals surface area contributed by atoms with E-state index in [0.717, 1.165) is 5.52 Å². The van der Waals surface area contributed by atoms with Gasteiger partial charge in [-0.15, -0.1) is 0 Å². The summed E-state index contributed by atoms with van der Waals surface area (Å²) in [5, 5.41) is 7.05. The van der Waals surface area contributed by atoms with Crippen molar-refractivity contribution >= 4 is 17.0 Å². The van der Waals surface area contributed by atoms with Gasteiger partial charge in [0.15, 0.2) is 5.58 Å². The van der Waals surface area contributed by atoms with Crippen LogP contribution in [0.2, 0.25) is 0 Å². The monoisotopic (exact) mass is 328 g/mol. The maximum Gasteiger partial charge on any atom is 0.419 e. The lowest BCUT2D eigenvalue weighted by molar-refractivity contribution is -0.121. The Balaban J connectivity index is 1.49. The molecule has 1 amide bonds. The second-order valence-electron chi connectivity index (χ2n) is 5.79. The molecule has 0 spiro atoms. The zero-order chi connectivity index (χ0) is 16.9. The number of fused-ring (bicyclic) bond motifs is 1. The highest BCUT2D eigenvalue weighted by Crippen LogP contribution is 2.12. The van der Waals surface area contributed by atoms with Crippen LogP contribution in [-0.4, -0.2) is 26.3 Å².